The van der Waals surface area contributed by atoms with Crippen LogP contribution in [0.3, 0.4) is 0 Å². The molecule has 0 bridgehead atoms. The maximum Gasteiger partial charge on any atom is 0.230 e. The molecule has 1 amide bonds. The molecule has 0 saturated carbocycles. The summed E-state index contributed by atoms with van der Waals surface area (Å²) in [5.41, 5.74) is 0.0703. The van der Waals surface area contributed by atoms with Gasteiger partial charge in [0.05, 0.1) is 5.75 Å². The van der Waals surface area contributed by atoms with Gasteiger partial charge >= 0.3 is 0 Å². The average Bonchev–Trinajstić information content (AvgIpc) is 2.21. The fraction of sp³-hybridized carbons (Fsp3) is 0.917. The monoisotopic (exact) mass is 247 g/mol. The molecule has 0 fully saturated rings. The van der Waals surface area contributed by atoms with Gasteiger partial charge in [0.25, 0.3) is 0 Å². The van der Waals surface area contributed by atoms with Crippen LogP contribution in [0.1, 0.15) is 40.5 Å². The number of carbonyl (C=O) groups is 1. The Morgan fingerprint density at radius 1 is 1.44 bits per heavy atom. The third-order valence-corrected chi connectivity index (χ3v) is 3.42. The van der Waals surface area contributed by atoms with E-state index in [-0.39, 0.29) is 17.9 Å². The Morgan fingerprint density at radius 2 is 2.06 bits per heavy atom. The minimum atomic E-state index is 0.0703. The second-order valence-electron chi connectivity index (χ2n) is 5.13. The maximum atomic E-state index is 11.5. The van der Waals surface area contributed by atoms with E-state index >= 15 is 0 Å². The van der Waals surface area contributed by atoms with Crippen LogP contribution in [0.25, 0.3) is 0 Å². The van der Waals surface area contributed by atoms with E-state index in [0.29, 0.717) is 17.5 Å². The van der Waals surface area contributed by atoms with Crippen molar-refractivity contribution < 1.29 is 9.90 Å². The fourth-order valence-corrected chi connectivity index (χ4v) is 1.86. The summed E-state index contributed by atoms with van der Waals surface area (Å²) in [6, 6.07) is 0. The minimum absolute atomic E-state index is 0.0703. The van der Waals surface area contributed by atoms with Crippen LogP contribution in [0, 0.1) is 5.41 Å². The summed E-state index contributed by atoms with van der Waals surface area (Å²) in [5, 5.41) is 12.2. The number of aliphatic hydroxyl groups is 1. The van der Waals surface area contributed by atoms with Gasteiger partial charge in [-0.25, -0.2) is 0 Å². The average molecular weight is 247 g/mol. The molecule has 0 atom stereocenters. The maximum absolute atomic E-state index is 11.5. The summed E-state index contributed by atoms with van der Waals surface area (Å²) >= 11 is 1.66. The van der Waals surface area contributed by atoms with Crippen molar-refractivity contribution in [1.29, 1.82) is 0 Å². The van der Waals surface area contributed by atoms with Crippen molar-refractivity contribution in [3.8, 4) is 0 Å². The van der Waals surface area contributed by atoms with Crippen LogP contribution in [-0.2, 0) is 4.79 Å². The van der Waals surface area contributed by atoms with Crippen LogP contribution in [0.5, 0.6) is 0 Å². The molecule has 96 valence electrons. The highest BCUT2D eigenvalue weighted by molar-refractivity contribution is 8.00. The number of aliphatic hydroxyl groups excluding tert-OH is 1. The Hall–Kier alpha value is -0.220. The van der Waals surface area contributed by atoms with E-state index in [0.717, 1.165) is 12.8 Å². The molecule has 0 saturated heterocycles. The lowest BCUT2D eigenvalue weighted by molar-refractivity contribution is -0.119. The molecule has 0 radical (unpaired) electrons. The van der Waals surface area contributed by atoms with E-state index in [1.165, 1.54) is 0 Å². The van der Waals surface area contributed by atoms with E-state index in [9.17, 15) is 4.79 Å². The van der Waals surface area contributed by atoms with E-state index in [4.69, 9.17) is 5.11 Å². The van der Waals surface area contributed by atoms with Crippen molar-refractivity contribution in [3.63, 3.8) is 0 Å². The van der Waals surface area contributed by atoms with Gasteiger partial charge in [-0.2, -0.15) is 0 Å². The molecule has 16 heavy (non-hydrogen) atoms. The SMILES string of the molecule is CC(C)SCC(=O)NCC(C)(C)CCCO. The Kier molecular flexibility index (Phi) is 7.85. The zero-order chi connectivity index (χ0) is 12.6. The molecular weight excluding hydrogens is 222 g/mol. The topological polar surface area (TPSA) is 49.3 Å². The second-order valence-corrected chi connectivity index (χ2v) is 6.69. The molecular formula is C12H25NO2S. The normalized spacial score (nSPS) is 11.9. The van der Waals surface area contributed by atoms with Gasteiger partial charge in [0.15, 0.2) is 0 Å². The molecule has 0 aromatic rings. The van der Waals surface area contributed by atoms with Crippen LogP contribution in [0.4, 0.5) is 0 Å². The summed E-state index contributed by atoms with van der Waals surface area (Å²) in [6.07, 6.45) is 1.73. The Bertz CT molecular complexity index is 205. The molecule has 0 aromatic carbocycles. The van der Waals surface area contributed by atoms with Gasteiger partial charge in [0.2, 0.25) is 5.91 Å². The van der Waals surface area contributed by atoms with Gasteiger partial charge in [-0.05, 0) is 23.5 Å². The van der Waals surface area contributed by atoms with Crippen LogP contribution in [0.15, 0.2) is 0 Å². The lowest BCUT2D eigenvalue weighted by Gasteiger charge is -2.24. The quantitative estimate of drug-likeness (QED) is 0.690. The highest BCUT2D eigenvalue weighted by Gasteiger charge is 2.18. The first-order chi connectivity index (χ1) is 7.37. The molecule has 0 aromatic heterocycles. The van der Waals surface area contributed by atoms with Crippen LogP contribution in [-0.4, -0.2) is 35.2 Å². The van der Waals surface area contributed by atoms with Gasteiger partial charge in [0, 0.05) is 13.2 Å². The predicted octanol–water partition coefficient (Wildman–Crippen LogP) is 2.04. The molecule has 0 aliphatic carbocycles. The first-order valence-electron chi connectivity index (χ1n) is 5.86. The molecule has 0 spiro atoms. The fourth-order valence-electron chi connectivity index (χ4n) is 1.28. The summed E-state index contributed by atoms with van der Waals surface area (Å²) in [7, 11) is 0. The van der Waals surface area contributed by atoms with Crippen molar-refractivity contribution in [1.82, 2.24) is 5.32 Å². The predicted molar refractivity (Wildman–Crippen MR) is 70.7 cm³/mol. The van der Waals surface area contributed by atoms with E-state index in [1.54, 1.807) is 11.8 Å². The molecule has 0 rings (SSSR count). The van der Waals surface area contributed by atoms with Crippen molar-refractivity contribution in [2.24, 2.45) is 5.41 Å². The largest absolute Gasteiger partial charge is 0.396 e. The van der Waals surface area contributed by atoms with Gasteiger partial charge in [0.1, 0.15) is 0 Å². The van der Waals surface area contributed by atoms with E-state index in [1.807, 2.05) is 0 Å². The molecule has 3 nitrogen and oxygen atoms in total. The zero-order valence-electron chi connectivity index (χ0n) is 10.9. The van der Waals surface area contributed by atoms with Crippen molar-refractivity contribution in [2.45, 2.75) is 45.8 Å². The smallest absolute Gasteiger partial charge is 0.230 e. The number of rotatable bonds is 8. The molecule has 0 heterocycles. The first kappa shape index (κ1) is 15.8. The third-order valence-electron chi connectivity index (χ3n) is 2.32. The van der Waals surface area contributed by atoms with Crippen LogP contribution in [0.2, 0.25) is 0 Å². The van der Waals surface area contributed by atoms with Crippen LogP contribution < -0.4 is 5.32 Å². The second kappa shape index (κ2) is 7.96. The third kappa shape index (κ3) is 9.04. The molecule has 0 unspecified atom stereocenters. The Morgan fingerprint density at radius 3 is 2.56 bits per heavy atom. The minimum Gasteiger partial charge on any atom is -0.396 e. The lowest BCUT2D eigenvalue weighted by atomic mass is 9.88. The number of thioether (sulfide) groups is 1. The lowest BCUT2D eigenvalue weighted by Crippen LogP contribution is -2.35. The zero-order valence-corrected chi connectivity index (χ0v) is 11.7. The van der Waals surface area contributed by atoms with E-state index in [2.05, 4.69) is 33.0 Å². The number of carbonyl (C=O) groups excluding carboxylic acids is 1. The van der Waals surface area contributed by atoms with Gasteiger partial charge in [-0.1, -0.05) is 27.7 Å². The first-order valence-corrected chi connectivity index (χ1v) is 6.91. The van der Waals surface area contributed by atoms with Crippen molar-refractivity contribution in [2.75, 3.05) is 18.9 Å². The Labute approximate surface area is 103 Å². The van der Waals surface area contributed by atoms with E-state index < -0.39 is 0 Å². The van der Waals surface area contributed by atoms with Gasteiger partial charge in [-0.3, -0.25) is 4.79 Å². The summed E-state index contributed by atoms with van der Waals surface area (Å²) < 4.78 is 0. The Balaban J connectivity index is 3.72. The standard InChI is InChI=1S/C12H25NO2S/c1-10(2)16-8-11(15)13-9-12(3,4)6-5-7-14/h10,14H,5-9H2,1-4H3,(H,13,15). The number of amides is 1. The summed E-state index contributed by atoms with van der Waals surface area (Å²) in [5.74, 6) is 0.643. The van der Waals surface area contributed by atoms with Gasteiger partial charge in [-0.15, -0.1) is 11.8 Å². The van der Waals surface area contributed by atoms with Crippen molar-refractivity contribution >= 4 is 17.7 Å². The number of nitrogens with one attached hydrogen (secondary N) is 1. The summed E-state index contributed by atoms with van der Waals surface area (Å²) in [6.45, 7) is 9.30. The number of hydrogen-bond donors (Lipinski definition) is 2. The highest BCUT2D eigenvalue weighted by atomic mass is 32.2. The van der Waals surface area contributed by atoms with Crippen LogP contribution >= 0.6 is 11.8 Å². The number of hydrogen-bond acceptors (Lipinski definition) is 3. The van der Waals surface area contributed by atoms with Gasteiger partial charge < -0.3 is 10.4 Å². The molecule has 2 N–H and O–H groups in total. The highest BCUT2D eigenvalue weighted by Crippen LogP contribution is 2.20. The molecule has 0 aliphatic rings. The molecule has 4 heteroatoms. The summed E-state index contributed by atoms with van der Waals surface area (Å²) in [4.78, 5) is 11.5. The molecule has 0 aliphatic heterocycles. The van der Waals surface area contributed by atoms with Crippen molar-refractivity contribution in [3.05, 3.63) is 0 Å².